The number of carbonyl (C=O) groups excluding carboxylic acids is 1. The molecule has 140 valence electrons. The molecular weight excluding hydrogens is 349 g/mol. The fourth-order valence-corrected chi connectivity index (χ4v) is 2.95. The van der Waals surface area contributed by atoms with Crippen LogP contribution in [0.3, 0.4) is 0 Å². The topological polar surface area (TPSA) is 58.6 Å². The molecular formula is C17H19F3N4O2. The van der Waals surface area contributed by atoms with Crippen molar-refractivity contribution in [1.29, 1.82) is 0 Å². The number of halogens is 3. The molecule has 2 heterocycles. The average Bonchev–Trinajstić information content (AvgIpc) is 2.86. The summed E-state index contributed by atoms with van der Waals surface area (Å²) in [5.41, 5.74) is 0.247. The maximum atomic E-state index is 13.2. The van der Waals surface area contributed by atoms with Crippen LogP contribution < -0.4 is 4.90 Å². The van der Waals surface area contributed by atoms with E-state index in [0.717, 1.165) is 0 Å². The van der Waals surface area contributed by atoms with Crippen LogP contribution >= 0.6 is 0 Å². The molecule has 0 radical (unpaired) electrons. The summed E-state index contributed by atoms with van der Waals surface area (Å²) in [6.45, 7) is 3.73. The Morgan fingerprint density at radius 2 is 1.92 bits per heavy atom. The first-order valence-corrected chi connectivity index (χ1v) is 8.40. The molecule has 1 aromatic carbocycles. The molecule has 0 aliphatic carbocycles. The number of rotatable bonds is 2. The zero-order valence-corrected chi connectivity index (χ0v) is 14.3. The Morgan fingerprint density at radius 3 is 2.65 bits per heavy atom. The van der Waals surface area contributed by atoms with Crippen molar-refractivity contribution >= 4 is 22.8 Å². The average molecular weight is 368 g/mol. The monoisotopic (exact) mass is 368 g/mol. The summed E-state index contributed by atoms with van der Waals surface area (Å²) in [7, 11) is 0. The number of aromatic nitrogens is 2. The Balaban J connectivity index is 1.93. The van der Waals surface area contributed by atoms with Gasteiger partial charge in [-0.25, -0.2) is 14.8 Å². The van der Waals surface area contributed by atoms with Crippen molar-refractivity contribution in [1.82, 2.24) is 14.9 Å². The van der Waals surface area contributed by atoms with Gasteiger partial charge in [-0.3, -0.25) is 0 Å². The van der Waals surface area contributed by atoms with Crippen molar-refractivity contribution in [2.75, 3.05) is 37.7 Å². The second-order valence-electron chi connectivity index (χ2n) is 5.91. The maximum Gasteiger partial charge on any atom is 0.451 e. The lowest BCUT2D eigenvalue weighted by Crippen LogP contribution is -2.36. The number of nitrogens with zero attached hydrogens (tertiary/aromatic N) is 4. The summed E-state index contributed by atoms with van der Waals surface area (Å²) < 4.78 is 44.6. The molecule has 1 aliphatic heterocycles. The molecule has 1 aromatic heterocycles. The Bertz CT molecular complexity index is 797. The SMILES string of the molecule is CCOC(=O)N1CCCN(c2nc(C(F)(F)F)nc3ccccc23)CC1. The van der Waals surface area contributed by atoms with Gasteiger partial charge in [0.15, 0.2) is 0 Å². The highest BCUT2D eigenvalue weighted by molar-refractivity contribution is 5.89. The summed E-state index contributed by atoms with van der Waals surface area (Å²) in [6.07, 6.45) is -4.42. The van der Waals surface area contributed by atoms with E-state index in [2.05, 4.69) is 9.97 Å². The molecule has 1 amide bonds. The highest BCUT2D eigenvalue weighted by atomic mass is 19.4. The van der Waals surface area contributed by atoms with Gasteiger partial charge in [-0.2, -0.15) is 13.2 Å². The van der Waals surface area contributed by atoms with Gasteiger partial charge in [-0.05, 0) is 25.5 Å². The van der Waals surface area contributed by atoms with E-state index in [1.807, 2.05) is 0 Å². The maximum absolute atomic E-state index is 13.2. The fraction of sp³-hybridized carbons (Fsp3) is 0.471. The Labute approximate surface area is 148 Å². The first kappa shape index (κ1) is 18.2. The summed E-state index contributed by atoms with van der Waals surface area (Å²) in [4.78, 5) is 22.7. The fourth-order valence-electron chi connectivity index (χ4n) is 2.95. The van der Waals surface area contributed by atoms with E-state index < -0.39 is 18.1 Å². The minimum Gasteiger partial charge on any atom is -0.450 e. The Morgan fingerprint density at radius 1 is 1.15 bits per heavy atom. The predicted octanol–water partition coefficient (Wildman–Crippen LogP) is 3.32. The molecule has 0 unspecified atom stereocenters. The molecule has 9 heteroatoms. The van der Waals surface area contributed by atoms with Gasteiger partial charge in [0.2, 0.25) is 5.82 Å². The Kier molecular flexibility index (Phi) is 5.15. The summed E-state index contributed by atoms with van der Waals surface area (Å²) >= 11 is 0. The van der Waals surface area contributed by atoms with Crippen LogP contribution in [0.15, 0.2) is 24.3 Å². The third kappa shape index (κ3) is 3.81. The molecule has 0 spiro atoms. The van der Waals surface area contributed by atoms with E-state index >= 15 is 0 Å². The number of hydrogen-bond acceptors (Lipinski definition) is 5. The largest absolute Gasteiger partial charge is 0.451 e. The highest BCUT2D eigenvalue weighted by Crippen LogP contribution is 2.32. The van der Waals surface area contributed by atoms with E-state index in [9.17, 15) is 18.0 Å². The molecule has 1 saturated heterocycles. The van der Waals surface area contributed by atoms with Gasteiger partial charge >= 0.3 is 12.3 Å². The van der Waals surface area contributed by atoms with Crippen molar-refractivity contribution in [3.8, 4) is 0 Å². The first-order valence-electron chi connectivity index (χ1n) is 8.40. The van der Waals surface area contributed by atoms with Crippen LogP contribution in [-0.4, -0.2) is 53.7 Å². The summed E-state index contributed by atoms with van der Waals surface area (Å²) in [5, 5.41) is 0.560. The summed E-state index contributed by atoms with van der Waals surface area (Å²) in [5.74, 6) is -0.911. The molecule has 0 saturated carbocycles. The molecule has 0 atom stereocenters. The number of anilines is 1. The molecule has 2 aromatic rings. The zero-order chi connectivity index (χ0) is 18.7. The van der Waals surface area contributed by atoms with Gasteiger partial charge in [-0.1, -0.05) is 12.1 Å². The van der Waals surface area contributed by atoms with Crippen LogP contribution in [0.25, 0.3) is 10.9 Å². The number of hydrogen-bond donors (Lipinski definition) is 0. The number of ether oxygens (including phenoxy) is 1. The second-order valence-corrected chi connectivity index (χ2v) is 5.91. The van der Waals surface area contributed by atoms with Crippen LogP contribution in [-0.2, 0) is 10.9 Å². The normalized spacial score (nSPS) is 15.8. The number of benzene rings is 1. The number of alkyl halides is 3. The first-order chi connectivity index (χ1) is 12.4. The van der Waals surface area contributed by atoms with Gasteiger partial charge < -0.3 is 14.5 Å². The van der Waals surface area contributed by atoms with Crippen molar-refractivity contribution in [3.63, 3.8) is 0 Å². The summed E-state index contributed by atoms with van der Waals surface area (Å²) in [6, 6.07) is 6.63. The second kappa shape index (κ2) is 7.35. The van der Waals surface area contributed by atoms with Crippen molar-refractivity contribution in [2.45, 2.75) is 19.5 Å². The molecule has 6 nitrogen and oxygen atoms in total. The standard InChI is InChI=1S/C17H19F3N4O2/c1-2-26-16(25)24-9-5-8-23(10-11-24)14-12-6-3-4-7-13(12)21-15(22-14)17(18,19)20/h3-4,6-7H,2,5,8-11H2,1H3. The lowest BCUT2D eigenvalue weighted by molar-refractivity contribution is -0.144. The van der Waals surface area contributed by atoms with E-state index in [-0.39, 0.29) is 17.9 Å². The molecule has 1 aliphatic rings. The van der Waals surface area contributed by atoms with Crippen LogP contribution in [0, 0.1) is 0 Å². The third-order valence-corrected chi connectivity index (χ3v) is 4.16. The van der Waals surface area contributed by atoms with E-state index in [1.54, 1.807) is 41.0 Å². The van der Waals surface area contributed by atoms with Crippen molar-refractivity contribution in [2.24, 2.45) is 0 Å². The number of fused-ring (bicyclic) bond motifs is 1. The minimum absolute atomic E-state index is 0.244. The zero-order valence-electron chi connectivity index (χ0n) is 14.3. The number of carbonyl (C=O) groups is 1. The molecule has 3 rings (SSSR count). The van der Waals surface area contributed by atoms with Crippen LogP contribution in [0.1, 0.15) is 19.2 Å². The highest BCUT2D eigenvalue weighted by Gasteiger charge is 2.36. The van der Waals surface area contributed by atoms with Gasteiger partial charge in [0.05, 0.1) is 12.1 Å². The molecule has 1 fully saturated rings. The molecule has 26 heavy (non-hydrogen) atoms. The third-order valence-electron chi connectivity index (χ3n) is 4.16. The van der Waals surface area contributed by atoms with Gasteiger partial charge in [0.1, 0.15) is 5.82 Å². The van der Waals surface area contributed by atoms with E-state index in [4.69, 9.17) is 4.74 Å². The molecule has 0 N–H and O–H groups in total. The van der Waals surface area contributed by atoms with Crippen LogP contribution in [0.2, 0.25) is 0 Å². The lowest BCUT2D eigenvalue weighted by atomic mass is 10.2. The van der Waals surface area contributed by atoms with Crippen molar-refractivity contribution < 1.29 is 22.7 Å². The van der Waals surface area contributed by atoms with Crippen LogP contribution in [0.5, 0.6) is 0 Å². The predicted molar refractivity (Wildman–Crippen MR) is 90.0 cm³/mol. The minimum atomic E-state index is -4.62. The quantitative estimate of drug-likeness (QED) is 0.814. The lowest BCUT2D eigenvalue weighted by Gasteiger charge is -2.24. The van der Waals surface area contributed by atoms with Crippen molar-refractivity contribution in [3.05, 3.63) is 30.1 Å². The number of amides is 1. The number of para-hydroxylation sites is 1. The van der Waals surface area contributed by atoms with Gasteiger partial charge in [-0.15, -0.1) is 0 Å². The molecule has 0 bridgehead atoms. The van der Waals surface area contributed by atoms with Gasteiger partial charge in [0.25, 0.3) is 0 Å². The van der Waals surface area contributed by atoms with E-state index in [0.29, 0.717) is 38.0 Å². The van der Waals surface area contributed by atoms with E-state index in [1.165, 1.54) is 0 Å². The van der Waals surface area contributed by atoms with Crippen LogP contribution in [0.4, 0.5) is 23.8 Å². The smallest absolute Gasteiger partial charge is 0.450 e. The Hall–Kier alpha value is -2.58. The van der Waals surface area contributed by atoms with Gasteiger partial charge in [0, 0.05) is 31.6 Å².